The predicted molar refractivity (Wildman–Crippen MR) is 47.2 cm³/mol. The smallest absolute Gasteiger partial charge is 0.390 e. The largest absolute Gasteiger partial charge is 0.499 e. The minimum atomic E-state index is -4.02. The van der Waals surface area contributed by atoms with E-state index in [1.54, 1.807) is 0 Å². The fourth-order valence-corrected chi connectivity index (χ4v) is 1.93. The number of hydrogen-bond donors (Lipinski definition) is 2. The van der Waals surface area contributed by atoms with Crippen LogP contribution in [0.4, 0.5) is 13.2 Å². The molecule has 0 saturated heterocycles. The van der Waals surface area contributed by atoms with Crippen molar-refractivity contribution >= 4 is 8.80 Å². The van der Waals surface area contributed by atoms with Gasteiger partial charge in [-0.25, -0.2) is 13.2 Å². The SMILES string of the molecule is CO[Si](O)(O)Cc1cc(F)c(F)cc1F. The van der Waals surface area contributed by atoms with E-state index in [9.17, 15) is 13.2 Å². The Kier molecular flexibility index (Phi) is 3.50. The molecule has 84 valence electrons. The molecule has 0 unspecified atom stereocenters. The normalized spacial score (nSPS) is 11.9. The van der Waals surface area contributed by atoms with Crippen LogP contribution in [0.25, 0.3) is 0 Å². The second-order valence-corrected chi connectivity index (χ2v) is 5.23. The highest BCUT2D eigenvalue weighted by atomic mass is 28.4. The third kappa shape index (κ3) is 3.03. The lowest BCUT2D eigenvalue weighted by atomic mass is 10.2. The van der Waals surface area contributed by atoms with Gasteiger partial charge in [-0.1, -0.05) is 0 Å². The van der Waals surface area contributed by atoms with E-state index in [0.717, 1.165) is 7.11 Å². The second-order valence-electron chi connectivity index (χ2n) is 2.98. The van der Waals surface area contributed by atoms with Crippen molar-refractivity contribution in [2.24, 2.45) is 0 Å². The van der Waals surface area contributed by atoms with Gasteiger partial charge in [-0.15, -0.1) is 0 Å². The van der Waals surface area contributed by atoms with Crippen LogP contribution in [-0.2, 0) is 10.5 Å². The zero-order valence-corrected chi connectivity index (χ0v) is 8.80. The molecule has 3 nitrogen and oxygen atoms in total. The van der Waals surface area contributed by atoms with Gasteiger partial charge < -0.3 is 14.0 Å². The standard InChI is InChI=1S/C8H9F3O3Si/c1-14-15(12,13)4-5-2-7(10)8(11)3-6(5)9/h2-3,12-13H,4H2,1H3. The van der Waals surface area contributed by atoms with Gasteiger partial charge in [0.05, 0.1) is 0 Å². The van der Waals surface area contributed by atoms with Gasteiger partial charge in [0.1, 0.15) is 5.82 Å². The van der Waals surface area contributed by atoms with Crippen molar-refractivity contribution in [2.45, 2.75) is 6.04 Å². The summed E-state index contributed by atoms with van der Waals surface area (Å²) in [7, 11) is -2.97. The molecule has 0 aliphatic rings. The number of halogens is 3. The molecule has 7 heteroatoms. The molecule has 0 aliphatic carbocycles. The lowest BCUT2D eigenvalue weighted by molar-refractivity contribution is 0.183. The molecule has 1 rings (SSSR count). The first-order chi connectivity index (χ1) is 6.85. The van der Waals surface area contributed by atoms with E-state index in [0.29, 0.717) is 12.1 Å². The Balaban J connectivity index is 3.01. The van der Waals surface area contributed by atoms with Crippen molar-refractivity contribution < 1.29 is 27.2 Å². The van der Waals surface area contributed by atoms with Gasteiger partial charge in [-0.3, -0.25) is 0 Å². The van der Waals surface area contributed by atoms with Crippen LogP contribution in [0, 0.1) is 17.5 Å². The molecular weight excluding hydrogens is 229 g/mol. The number of benzene rings is 1. The molecule has 0 saturated carbocycles. The minimum Gasteiger partial charge on any atom is -0.390 e. The first-order valence-corrected chi connectivity index (χ1v) is 6.00. The number of hydrogen-bond acceptors (Lipinski definition) is 3. The van der Waals surface area contributed by atoms with Gasteiger partial charge in [0, 0.05) is 19.2 Å². The Morgan fingerprint density at radius 2 is 1.67 bits per heavy atom. The Labute approximate surface area is 85.1 Å². The Hall–Kier alpha value is -0.893. The molecule has 15 heavy (non-hydrogen) atoms. The zero-order chi connectivity index (χ0) is 11.6. The first kappa shape index (κ1) is 12.2. The molecule has 0 spiro atoms. The Bertz CT molecular complexity index is 370. The van der Waals surface area contributed by atoms with Crippen LogP contribution >= 0.6 is 0 Å². The molecule has 0 aliphatic heterocycles. The summed E-state index contributed by atoms with van der Waals surface area (Å²) < 4.78 is 42.6. The molecule has 0 heterocycles. The molecule has 2 N–H and O–H groups in total. The van der Waals surface area contributed by atoms with E-state index in [1.165, 1.54) is 0 Å². The fourth-order valence-electron chi connectivity index (χ4n) is 1.02. The highest BCUT2D eigenvalue weighted by Gasteiger charge is 2.32. The summed E-state index contributed by atoms with van der Waals surface area (Å²) in [6.45, 7) is 0. The quantitative estimate of drug-likeness (QED) is 0.603. The topological polar surface area (TPSA) is 49.7 Å². The molecule has 0 bridgehead atoms. The molecule has 0 radical (unpaired) electrons. The van der Waals surface area contributed by atoms with Crippen LogP contribution in [-0.4, -0.2) is 25.5 Å². The molecular formula is C8H9F3O3Si. The van der Waals surface area contributed by atoms with Crippen LogP contribution in [0.2, 0.25) is 0 Å². The number of rotatable bonds is 3. The molecule has 1 aromatic carbocycles. The van der Waals surface area contributed by atoms with E-state index in [1.807, 2.05) is 0 Å². The van der Waals surface area contributed by atoms with Crippen LogP contribution in [0.15, 0.2) is 12.1 Å². The van der Waals surface area contributed by atoms with Gasteiger partial charge >= 0.3 is 8.80 Å². The maximum atomic E-state index is 13.0. The maximum absolute atomic E-state index is 13.0. The second kappa shape index (κ2) is 4.31. The fraction of sp³-hybridized carbons (Fsp3) is 0.250. The lowest BCUT2D eigenvalue weighted by Crippen LogP contribution is -2.41. The van der Waals surface area contributed by atoms with E-state index in [2.05, 4.69) is 4.43 Å². The Morgan fingerprint density at radius 1 is 1.13 bits per heavy atom. The van der Waals surface area contributed by atoms with Gasteiger partial charge in [0.15, 0.2) is 11.6 Å². The van der Waals surface area contributed by atoms with Crippen molar-refractivity contribution in [1.82, 2.24) is 0 Å². The summed E-state index contributed by atoms with van der Waals surface area (Å²) in [5, 5.41) is 0. The minimum absolute atomic E-state index is 0.326. The highest BCUT2D eigenvalue weighted by molar-refractivity contribution is 6.57. The van der Waals surface area contributed by atoms with E-state index < -0.39 is 32.3 Å². The van der Waals surface area contributed by atoms with Crippen molar-refractivity contribution in [1.29, 1.82) is 0 Å². The predicted octanol–water partition coefficient (Wildman–Crippen LogP) is 0.756. The van der Waals surface area contributed by atoms with Gasteiger partial charge in [0.25, 0.3) is 0 Å². The summed E-state index contributed by atoms with van der Waals surface area (Å²) in [6, 6.07) is 0.370. The maximum Gasteiger partial charge on any atom is 0.499 e. The average molecular weight is 238 g/mol. The third-order valence-electron chi connectivity index (χ3n) is 1.84. The van der Waals surface area contributed by atoms with E-state index in [-0.39, 0.29) is 5.56 Å². The van der Waals surface area contributed by atoms with E-state index in [4.69, 9.17) is 9.59 Å². The first-order valence-electron chi connectivity index (χ1n) is 3.99. The van der Waals surface area contributed by atoms with Crippen LogP contribution in [0.1, 0.15) is 5.56 Å². The van der Waals surface area contributed by atoms with Crippen LogP contribution in [0.5, 0.6) is 0 Å². The van der Waals surface area contributed by atoms with Gasteiger partial charge in [0.2, 0.25) is 0 Å². The monoisotopic (exact) mass is 238 g/mol. The summed E-state index contributed by atoms with van der Waals surface area (Å²) >= 11 is 0. The molecule has 0 aromatic heterocycles. The lowest BCUT2D eigenvalue weighted by Gasteiger charge is -2.15. The highest BCUT2D eigenvalue weighted by Crippen LogP contribution is 2.16. The third-order valence-corrected chi connectivity index (χ3v) is 3.33. The summed E-state index contributed by atoms with van der Waals surface area (Å²) in [4.78, 5) is 18.3. The molecule has 0 amide bonds. The van der Waals surface area contributed by atoms with Gasteiger partial charge in [-0.2, -0.15) is 0 Å². The summed E-state index contributed by atoms with van der Waals surface area (Å²) in [5.41, 5.74) is -0.326. The summed E-state index contributed by atoms with van der Waals surface area (Å²) in [5.74, 6) is -3.60. The van der Waals surface area contributed by atoms with Gasteiger partial charge in [-0.05, 0) is 11.6 Å². The molecule has 0 atom stereocenters. The Morgan fingerprint density at radius 3 is 2.20 bits per heavy atom. The van der Waals surface area contributed by atoms with Crippen LogP contribution in [0.3, 0.4) is 0 Å². The van der Waals surface area contributed by atoms with Crippen LogP contribution < -0.4 is 0 Å². The van der Waals surface area contributed by atoms with Crippen molar-refractivity contribution in [3.05, 3.63) is 35.1 Å². The van der Waals surface area contributed by atoms with E-state index >= 15 is 0 Å². The summed E-state index contributed by atoms with van der Waals surface area (Å²) in [6.07, 6.45) is 0. The molecule has 1 aromatic rings. The zero-order valence-electron chi connectivity index (χ0n) is 7.80. The van der Waals surface area contributed by atoms with Crippen molar-refractivity contribution in [3.8, 4) is 0 Å². The van der Waals surface area contributed by atoms with Crippen molar-refractivity contribution in [3.63, 3.8) is 0 Å². The molecule has 0 fully saturated rings. The average Bonchev–Trinajstić information content (AvgIpc) is 2.14. The van der Waals surface area contributed by atoms with Crippen molar-refractivity contribution in [2.75, 3.05) is 7.11 Å².